The number of hydrogen-bond acceptors (Lipinski definition) is 3. The van der Waals surface area contributed by atoms with Gasteiger partial charge in [-0.1, -0.05) is 31.4 Å². The minimum atomic E-state index is -0.577. The predicted molar refractivity (Wildman–Crippen MR) is 70.9 cm³/mol. The number of methoxy groups -OCH3 is 1. The van der Waals surface area contributed by atoms with Crippen LogP contribution in [0.3, 0.4) is 0 Å². The Morgan fingerprint density at radius 2 is 1.94 bits per heavy atom. The van der Waals surface area contributed by atoms with Crippen LogP contribution in [0, 0.1) is 0 Å². The summed E-state index contributed by atoms with van der Waals surface area (Å²) < 4.78 is 4.46. The molecule has 0 saturated heterocycles. The third kappa shape index (κ3) is 3.90. The number of anilines is 1. The number of ether oxygens (including phenoxy) is 1. The van der Waals surface area contributed by atoms with Crippen molar-refractivity contribution in [3.05, 3.63) is 48.6 Å². The van der Waals surface area contributed by atoms with Gasteiger partial charge in [-0.3, -0.25) is 4.79 Å². The molecule has 0 saturated carbocycles. The van der Waals surface area contributed by atoms with Crippen molar-refractivity contribution in [2.75, 3.05) is 12.4 Å². The Hall–Kier alpha value is -2.36. The molecular formula is C14H15NO3. The molecule has 0 fully saturated rings. The molecule has 94 valence electrons. The van der Waals surface area contributed by atoms with Crippen molar-refractivity contribution in [3.8, 4) is 0 Å². The van der Waals surface area contributed by atoms with E-state index in [2.05, 4.69) is 23.2 Å². The zero-order chi connectivity index (χ0) is 13.5. The first-order valence-electron chi connectivity index (χ1n) is 5.35. The molecule has 0 heterocycles. The zero-order valence-corrected chi connectivity index (χ0v) is 10.2. The monoisotopic (exact) mass is 245 g/mol. The smallest absolute Gasteiger partial charge is 0.333 e. The van der Waals surface area contributed by atoms with Gasteiger partial charge in [-0.05, 0) is 17.7 Å². The Morgan fingerprint density at radius 3 is 2.44 bits per heavy atom. The van der Waals surface area contributed by atoms with Crippen molar-refractivity contribution in [2.45, 2.75) is 6.42 Å². The summed E-state index contributed by atoms with van der Waals surface area (Å²) >= 11 is 0. The zero-order valence-electron chi connectivity index (χ0n) is 10.2. The maximum Gasteiger partial charge on any atom is 0.333 e. The third-order valence-corrected chi connectivity index (χ3v) is 2.28. The summed E-state index contributed by atoms with van der Waals surface area (Å²) in [5.74, 6) is -0.885. The first kappa shape index (κ1) is 13.7. The largest absolute Gasteiger partial charge is 0.466 e. The molecule has 0 aliphatic heterocycles. The number of amides is 1. The van der Waals surface area contributed by atoms with Crippen molar-refractivity contribution in [1.29, 1.82) is 0 Å². The van der Waals surface area contributed by atoms with Crippen molar-refractivity contribution in [1.82, 2.24) is 0 Å². The first-order valence-corrected chi connectivity index (χ1v) is 5.35. The molecule has 4 heteroatoms. The number of carbonyl (C=O) groups excluding carboxylic acids is 2. The van der Waals surface area contributed by atoms with Crippen molar-refractivity contribution >= 4 is 23.6 Å². The molecule has 0 spiro atoms. The van der Waals surface area contributed by atoms with Gasteiger partial charge in [0.1, 0.15) is 0 Å². The van der Waals surface area contributed by atoms with Crippen LogP contribution in [0.2, 0.25) is 0 Å². The van der Waals surface area contributed by atoms with E-state index in [0.29, 0.717) is 5.69 Å². The molecular weight excluding hydrogens is 230 g/mol. The average Bonchev–Trinajstić information content (AvgIpc) is 2.38. The Kier molecular flexibility index (Phi) is 4.87. The molecule has 0 atom stereocenters. The Bertz CT molecular complexity index is 474. The fourth-order valence-corrected chi connectivity index (χ4v) is 1.32. The molecule has 0 aliphatic rings. The average molecular weight is 245 g/mol. The number of esters is 1. The molecule has 1 N–H and O–H groups in total. The van der Waals surface area contributed by atoms with Crippen LogP contribution in [-0.2, 0) is 14.3 Å². The van der Waals surface area contributed by atoms with Crippen LogP contribution in [0.25, 0.3) is 6.08 Å². The molecule has 0 bridgehead atoms. The van der Waals surface area contributed by atoms with Gasteiger partial charge in [0.2, 0.25) is 5.91 Å². The van der Waals surface area contributed by atoms with Crippen LogP contribution >= 0.6 is 0 Å². The van der Waals surface area contributed by atoms with Crippen LogP contribution < -0.4 is 5.32 Å². The standard InChI is InChI=1S/C14H15NO3/c1-4-11-5-7-12(8-6-11)15-13(16)9-10(2)14(17)18-3/h4-8H,1-2,9H2,3H3,(H,15,16). The summed E-state index contributed by atoms with van der Waals surface area (Å²) in [5, 5.41) is 2.66. The maximum absolute atomic E-state index is 11.6. The van der Waals surface area contributed by atoms with Crippen LogP contribution in [0.4, 0.5) is 5.69 Å². The summed E-state index contributed by atoms with van der Waals surface area (Å²) in [6, 6.07) is 7.18. The van der Waals surface area contributed by atoms with Crippen LogP contribution in [0.15, 0.2) is 43.0 Å². The first-order chi connectivity index (χ1) is 8.56. The second kappa shape index (κ2) is 6.39. The minimum absolute atomic E-state index is 0.0874. The second-order valence-electron chi connectivity index (χ2n) is 3.65. The maximum atomic E-state index is 11.6. The van der Waals surface area contributed by atoms with Gasteiger partial charge < -0.3 is 10.1 Å². The lowest BCUT2D eigenvalue weighted by Gasteiger charge is -2.06. The van der Waals surface area contributed by atoms with E-state index in [-0.39, 0.29) is 17.9 Å². The Morgan fingerprint density at radius 1 is 1.33 bits per heavy atom. The Balaban J connectivity index is 2.56. The number of carbonyl (C=O) groups is 2. The molecule has 0 unspecified atom stereocenters. The molecule has 4 nitrogen and oxygen atoms in total. The van der Waals surface area contributed by atoms with Gasteiger partial charge in [0, 0.05) is 11.3 Å². The lowest BCUT2D eigenvalue weighted by atomic mass is 10.2. The van der Waals surface area contributed by atoms with E-state index in [1.807, 2.05) is 12.1 Å². The molecule has 0 aliphatic carbocycles. The number of rotatable bonds is 5. The number of nitrogens with one attached hydrogen (secondary N) is 1. The molecule has 1 rings (SSSR count). The van der Waals surface area contributed by atoms with Gasteiger partial charge in [0.05, 0.1) is 13.5 Å². The van der Waals surface area contributed by atoms with Gasteiger partial charge >= 0.3 is 5.97 Å². The fraction of sp³-hybridized carbons (Fsp3) is 0.143. The minimum Gasteiger partial charge on any atom is -0.466 e. The highest BCUT2D eigenvalue weighted by Crippen LogP contribution is 2.11. The number of benzene rings is 1. The lowest BCUT2D eigenvalue weighted by molar-refractivity contribution is -0.137. The van der Waals surface area contributed by atoms with Crippen molar-refractivity contribution < 1.29 is 14.3 Å². The molecule has 0 radical (unpaired) electrons. The highest BCUT2D eigenvalue weighted by molar-refractivity contribution is 5.99. The van der Waals surface area contributed by atoms with E-state index in [0.717, 1.165) is 5.56 Å². The van der Waals surface area contributed by atoms with Crippen LogP contribution in [0.5, 0.6) is 0 Å². The molecule has 18 heavy (non-hydrogen) atoms. The van der Waals surface area contributed by atoms with E-state index < -0.39 is 5.97 Å². The van der Waals surface area contributed by atoms with Gasteiger partial charge in [-0.2, -0.15) is 0 Å². The molecule has 1 aromatic carbocycles. The second-order valence-corrected chi connectivity index (χ2v) is 3.65. The van der Waals surface area contributed by atoms with Gasteiger partial charge in [0.15, 0.2) is 0 Å². The highest BCUT2D eigenvalue weighted by Gasteiger charge is 2.11. The summed E-state index contributed by atoms with van der Waals surface area (Å²) in [5.41, 5.74) is 1.74. The highest BCUT2D eigenvalue weighted by atomic mass is 16.5. The van der Waals surface area contributed by atoms with Gasteiger partial charge in [-0.15, -0.1) is 0 Å². The van der Waals surface area contributed by atoms with E-state index in [9.17, 15) is 9.59 Å². The van der Waals surface area contributed by atoms with E-state index in [1.165, 1.54) is 7.11 Å². The summed E-state index contributed by atoms with van der Waals surface area (Å²) in [6.45, 7) is 7.13. The Labute approximate surface area is 106 Å². The van der Waals surface area contributed by atoms with Gasteiger partial charge in [-0.25, -0.2) is 4.79 Å². The fourth-order valence-electron chi connectivity index (χ4n) is 1.32. The quantitative estimate of drug-likeness (QED) is 0.640. The summed E-state index contributed by atoms with van der Waals surface area (Å²) in [4.78, 5) is 22.7. The van der Waals surface area contributed by atoms with E-state index >= 15 is 0 Å². The summed E-state index contributed by atoms with van der Waals surface area (Å²) in [6.07, 6.45) is 1.63. The molecule has 0 aromatic heterocycles. The molecule has 1 amide bonds. The van der Waals surface area contributed by atoms with E-state index in [4.69, 9.17) is 0 Å². The van der Waals surface area contributed by atoms with E-state index in [1.54, 1.807) is 18.2 Å². The van der Waals surface area contributed by atoms with Crippen LogP contribution in [0.1, 0.15) is 12.0 Å². The summed E-state index contributed by atoms with van der Waals surface area (Å²) in [7, 11) is 1.25. The number of hydrogen-bond donors (Lipinski definition) is 1. The normalized spacial score (nSPS) is 9.39. The van der Waals surface area contributed by atoms with Gasteiger partial charge in [0.25, 0.3) is 0 Å². The topological polar surface area (TPSA) is 55.4 Å². The SMILES string of the molecule is C=Cc1ccc(NC(=O)CC(=C)C(=O)OC)cc1. The van der Waals surface area contributed by atoms with Crippen molar-refractivity contribution in [2.24, 2.45) is 0 Å². The third-order valence-electron chi connectivity index (χ3n) is 2.28. The predicted octanol–water partition coefficient (Wildman–Crippen LogP) is 2.39. The van der Waals surface area contributed by atoms with Crippen LogP contribution in [-0.4, -0.2) is 19.0 Å². The molecule has 1 aromatic rings. The lowest BCUT2D eigenvalue weighted by Crippen LogP contribution is -2.15. The van der Waals surface area contributed by atoms with Crippen molar-refractivity contribution in [3.63, 3.8) is 0 Å².